The van der Waals surface area contributed by atoms with Gasteiger partial charge in [-0.2, -0.15) is 0 Å². The van der Waals surface area contributed by atoms with Gasteiger partial charge in [0.25, 0.3) is 0 Å². The molecule has 4 nitrogen and oxygen atoms in total. The fraction of sp³-hybridized carbons (Fsp3) is 0.350. The molecular weight excluding hydrogens is 338 g/mol. The molecule has 0 saturated carbocycles. The number of likely N-dealkylation sites (tertiary alicyclic amines) is 1. The average molecular weight is 360 g/mol. The number of carbonyl (C=O) groups excluding carboxylic acids is 1. The molecule has 1 aliphatic rings. The summed E-state index contributed by atoms with van der Waals surface area (Å²) in [6.45, 7) is 3.37. The van der Waals surface area contributed by atoms with E-state index >= 15 is 0 Å². The summed E-state index contributed by atoms with van der Waals surface area (Å²) in [5.41, 5.74) is 1.15. The summed E-state index contributed by atoms with van der Waals surface area (Å²) in [6, 6.07) is 17.6. The van der Waals surface area contributed by atoms with Crippen LogP contribution in [0.3, 0.4) is 0 Å². The highest BCUT2D eigenvalue weighted by Crippen LogP contribution is 2.33. The minimum Gasteiger partial charge on any atom is -0.488 e. The lowest BCUT2D eigenvalue weighted by Crippen LogP contribution is -2.47. The van der Waals surface area contributed by atoms with Crippen LogP contribution in [0.5, 0.6) is 5.75 Å². The second-order valence-electron chi connectivity index (χ2n) is 6.04. The van der Waals surface area contributed by atoms with Crippen LogP contribution in [0.15, 0.2) is 54.6 Å². The smallest absolute Gasteiger partial charge is 0.409 e. The van der Waals surface area contributed by atoms with E-state index in [1.54, 1.807) is 4.90 Å². The van der Waals surface area contributed by atoms with E-state index in [2.05, 4.69) is 12.1 Å². The summed E-state index contributed by atoms with van der Waals surface area (Å²) < 4.78 is 11.4. The Morgan fingerprint density at radius 2 is 1.88 bits per heavy atom. The lowest BCUT2D eigenvalue weighted by atomic mass is 9.88. The molecule has 2 aromatic rings. The molecule has 2 aromatic carbocycles. The van der Waals surface area contributed by atoms with Crippen LogP contribution >= 0.6 is 11.6 Å². The monoisotopic (exact) mass is 359 g/mol. The number of para-hydroxylation sites is 1. The first-order chi connectivity index (χ1) is 12.2. The van der Waals surface area contributed by atoms with E-state index in [-0.39, 0.29) is 18.1 Å². The fourth-order valence-corrected chi connectivity index (χ4v) is 3.36. The highest BCUT2D eigenvalue weighted by molar-refractivity contribution is 6.32. The molecule has 0 aromatic heterocycles. The summed E-state index contributed by atoms with van der Waals surface area (Å²) in [6.07, 6.45) is 0.413. The van der Waals surface area contributed by atoms with Gasteiger partial charge in [0.05, 0.1) is 11.6 Å². The highest BCUT2D eigenvalue weighted by Gasteiger charge is 2.34. The Labute approximate surface area is 153 Å². The van der Waals surface area contributed by atoms with E-state index in [1.165, 1.54) is 0 Å². The zero-order valence-corrected chi connectivity index (χ0v) is 15.0. The van der Waals surface area contributed by atoms with Crippen molar-refractivity contribution in [2.75, 3.05) is 19.7 Å². The van der Waals surface area contributed by atoms with Gasteiger partial charge in [0.1, 0.15) is 11.9 Å². The topological polar surface area (TPSA) is 38.8 Å². The Bertz CT molecular complexity index is 707. The molecule has 1 fully saturated rings. The quantitative estimate of drug-likeness (QED) is 0.791. The summed E-state index contributed by atoms with van der Waals surface area (Å²) in [7, 11) is 0. The van der Waals surface area contributed by atoms with Gasteiger partial charge in [-0.25, -0.2) is 4.79 Å². The number of ether oxygens (including phenoxy) is 2. The molecule has 3 rings (SSSR count). The number of rotatable bonds is 4. The number of nitrogens with zero attached hydrogens (tertiary/aromatic N) is 1. The van der Waals surface area contributed by atoms with Crippen LogP contribution in [-0.4, -0.2) is 36.8 Å². The molecule has 1 amide bonds. The van der Waals surface area contributed by atoms with Gasteiger partial charge in [-0.05, 0) is 24.6 Å². The molecule has 132 valence electrons. The zero-order chi connectivity index (χ0) is 17.6. The number of hydrogen-bond donors (Lipinski definition) is 0. The molecule has 0 radical (unpaired) electrons. The Morgan fingerprint density at radius 1 is 1.16 bits per heavy atom. The lowest BCUT2D eigenvalue weighted by Gasteiger charge is -2.38. The fourth-order valence-electron chi connectivity index (χ4n) is 3.18. The van der Waals surface area contributed by atoms with Gasteiger partial charge in [0, 0.05) is 25.4 Å². The molecule has 0 unspecified atom stereocenters. The first-order valence-electron chi connectivity index (χ1n) is 8.57. The molecule has 5 heteroatoms. The van der Waals surface area contributed by atoms with E-state index in [0.717, 1.165) is 12.0 Å². The minimum atomic E-state index is -0.264. The summed E-state index contributed by atoms with van der Waals surface area (Å²) in [5.74, 6) is 0.746. The minimum absolute atomic E-state index is 0.0482. The van der Waals surface area contributed by atoms with Gasteiger partial charge in [-0.3, -0.25) is 0 Å². The molecule has 1 heterocycles. The van der Waals surface area contributed by atoms with Gasteiger partial charge < -0.3 is 14.4 Å². The lowest BCUT2D eigenvalue weighted by molar-refractivity contribution is 0.0574. The van der Waals surface area contributed by atoms with Crippen molar-refractivity contribution in [3.05, 3.63) is 65.2 Å². The first kappa shape index (κ1) is 17.6. The number of benzene rings is 2. The van der Waals surface area contributed by atoms with E-state index < -0.39 is 0 Å². The van der Waals surface area contributed by atoms with Crippen molar-refractivity contribution in [3.63, 3.8) is 0 Å². The predicted octanol–water partition coefficient (Wildman–Crippen LogP) is 4.73. The molecule has 2 atom stereocenters. The molecule has 1 aliphatic heterocycles. The number of carbonyl (C=O) groups is 1. The maximum Gasteiger partial charge on any atom is 0.409 e. The first-order valence-corrected chi connectivity index (χ1v) is 8.94. The van der Waals surface area contributed by atoms with Crippen molar-refractivity contribution in [2.24, 2.45) is 0 Å². The molecule has 0 bridgehead atoms. The Morgan fingerprint density at radius 3 is 2.60 bits per heavy atom. The third-order valence-electron chi connectivity index (χ3n) is 4.42. The molecule has 25 heavy (non-hydrogen) atoms. The zero-order valence-electron chi connectivity index (χ0n) is 14.2. The van der Waals surface area contributed by atoms with Gasteiger partial charge in [0.2, 0.25) is 0 Å². The van der Waals surface area contributed by atoms with Crippen LogP contribution in [-0.2, 0) is 4.74 Å². The third kappa shape index (κ3) is 4.26. The number of amides is 1. The van der Waals surface area contributed by atoms with Crippen molar-refractivity contribution < 1.29 is 14.3 Å². The number of hydrogen-bond acceptors (Lipinski definition) is 3. The van der Waals surface area contributed by atoms with Crippen molar-refractivity contribution in [1.82, 2.24) is 4.90 Å². The third-order valence-corrected chi connectivity index (χ3v) is 4.73. The Kier molecular flexibility index (Phi) is 5.82. The van der Waals surface area contributed by atoms with Gasteiger partial charge >= 0.3 is 6.09 Å². The van der Waals surface area contributed by atoms with Crippen LogP contribution in [0.25, 0.3) is 0 Å². The second kappa shape index (κ2) is 8.26. The summed E-state index contributed by atoms with van der Waals surface area (Å²) >= 11 is 6.25. The standard InChI is InChI=1S/C20H22ClNO3/c1-2-24-20(23)22-13-12-18(25-19-11-7-6-10-17(19)21)16(14-22)15-8-4-3-5-9-15/h3-11,16,18H,2,12-14H2,1H3/t16-,18-/m0/s1. The number of piperidine rings is 1. The van der Waals surface area contributed by atoms with Crippen molar-refractivity contribution in [1.29, 1.82) is 0 Å². The molecule has 0 aliphatic carbocycles. The second-order valence-corrected chi connectivity index (χ2v) is 6.44. The summed E-state index contributed by atoms with van der Waals surface area (Å²) in [5, 5.41) is 0.599. The van der Waals surface area contributed by atoms with Gasteiger partial charge in [0.15, 0.2) is 0 Å². The van der Waals surface area contributed by atoms with E-state index in [4.69, 9.17) is 21.1 Å². The van der Waals surface area contributed by atoms with Crippen LogP contribution in [0.4, 0.5) is 4.79 Å². The Balaban J connectivity index is 1.81. The van der Waals surface area contributed by atoms with E-state index in [0.29, 0.717) is 30.5 Å². The SMILES string of the molecule is CCOC(=O)N1CC[C@H](Oc2ccccc2Cl)[C@H](c2ccccc2)C1. The number of halogens is 1. The van der Waals surface area contributed by atoms with Crippen LogP contribution in [0.2, 0.25) is 5.02 Å². The van der Waals surface area contributed by atoms with Crippen LogP contribution in [0.1, 0.15) is 24.8 Å². The van der Waals surface area contributed by atoms with Gasteiger partial charge in [-0.15, -0.1) is 0 Å². The van der Waals surface area contributed by atoms with E-state index in [1.807, 2.05) is 49.4 Å². The normalized spacial score (nSPS) is 20.2. The molecule has 0 spiro atoms. The van der Waals surface area contributed by atoms with E-state index in [9.17, 15) is 4.79 Å². The largest absolute Gasteiger partial charge is 0.488 e. The maximum atomic E-state index is 12.1. The molecule has 0 N–H and O–H groups in total. The van der Waals surface area contributed by atoms with Gasteiger partial charge in [-0.1, -0.05) is 54.1 Å². The van der Waals surface area contributed by atoms with Crippen LogP contribution in [0, 0.1) is 0 Å². The molecular formula is C20H22ClNO3. The predicted molar refractivity (Wildman–Crippen MR) is 98.3 cm³/mol. The Hall–Kier alpha value is -2.20. The maximum absolute atomic E-state index is 12.1. The molecule has 1 saturated heterocycles. The van der Waals surface area contributed by atoms with Crippen molar-refractivity contribution in [2.45, 2.75) is 25.4 Å². The summed E-state index contributed by atoms with van der Waals surface area (Å²) in [4.78, 5) is 13.9. The highest BCUT2D eigenvalue weighted by atomic mass is 35.5. The van der Waals surface area contributed by atoms with Crippen molar-refractivity contribution >= 4 is 17.7 Å². The van der Waals surface area contributed by atoms with Crippen LogP contribution < -0.4 is 4.74 Å². The average Bonchev–Trinajstić information content (AvgIpc) is 2.65. The van der Waals surface area contributed by atoms with Crippen molar-refractivity contribution in [3.8, 4) is 5.75 Å².